The standard InChI is InChI=1S/C12H13N3S/c1-7(2)8-4-11(16-3)10(6-14)12(15)9(8)5-13/h4,7H,15H2,1-3H3. The van der Waals surface area contributed by atoms with Crippen LogP contribution in [0.5, 0.6) is 0 Å². The fourth-order valence-corrected chi connectivity index (χ4v) is 2.16. The molecule has 2 N–H and O–H groups in total. The molecule has 0 aliphatic carbocycles. The van der Waals surface area contributed by atoms with Crippen molar-refractivity contribution in [3.63, 3.8) is 0 Å². The second-order valence-electron chi connectivity index (χ2n) is 3.71. The van der Waals surface area contributed by atoms with Crippen LogP contribution in [0.4, 0.5) is 5.69 Å². The number of nitrogen functional groups attached to an aromatic ring is 1. The van der Waals surface area contributed by atoms with Gasteiger partial charge in [-0.15, -0.1) is 11.8 Å². The van der Waals surface area contributed by atoms with Crippen molar-refractivity contribution in [2.24, 2.45) is 0 Å². The van der Waals surface area contributed by atoms with Crippen LogP contribution in [0.2, 0.25) is 0 Å². The molecule has 0 fully saturated rings. The Kier molecular flexibility index (Phi) is 3.82. The summed E-state index contributed by atoms with van der Waals surface area (Å²) in [5.74, 6) is 0.218. The molecule has 0 amide bonds. The van der Waals surface area contributed by atoms with Crippen molar-refractivity contribution in [1.29, 1.82) is 10.5 Å². The normalized spacial score (nSPS) is 9.88. The summed E-state index contributed by atoms with van der Waals surface area (Å²) in [4.78, 5) is 0.836. The molecule has 0 aliphatic heterocycles. The van der Waals surface area contributed by atoms with Crippen LogP contribution in [0.3, 0.4) is 0 Å². The molecular weight excluding hydrogens is 218 g/mol. The molecule has 1 aromatic carbocycles. The van der Waals surface area contributed by atoms with E-state index in [1.807, 2.05) is 26.2 Å². The van der Waals surface area contributed by atoms with E-state index in [1.54, 1.807) is 0 Å². The highest BCUT2D eigenvalue weighted by atomic mass is 32.2. The first-order valence-corrected chi connectivity index (χ1v) is 6.09. The molecule has 0 spiro atoms. The van der Waals surface area contributed by atoms with Crippen LogP contribution in [0.25, 0.3) is 0 Å². The lowest BCUT2D eigenvalue weighted by atomic mass is 9.94. The number of hydrogen-bond acceptors (Lipinski definition) is 4. The summed E-state index contributed by atoms with van der Waals surface area (Å²) in [7, 11) is 0. The third-order valence-corrected chi connectivity index (χ3v) is 3.19. The van der Waals surface area contributed by atoms with E-state index in [4.69, 9.17) is 16.3 Å². The molecule has 0 radical (unpaired) electrons. The summed E-state index contributed by atoms with van der Waals surface area (Å²) in [5.41, 5.74) is 7.92. The van der Waals surface area contributed by atoms with Gasteiger partial charge in [-0.25, -0.2) is 0 Å². The lowest BCUT2D eigenvalue weighted by Crippen LogP contribution is -2.03. The van der Waals surface area contributed by atoms with Gasteiger partial charge < -0.3 is 5.73 Å². The van der Waals surface area contributed by atoms with Crippen molar-refractivity contribution in [2.75, 3.05) is 12.0 Å². The minimum Gasteiger partial charge on any atom is -0.397 e. The Hall–Kier alpha value is -1.65. The zero-order chi connectivity index (χ0) is 12.3. The van der Waals surface area contributed by atoms with Crippen LogP contribution in [-0.2, 0) is 0 Å². The Balaban J connectivity index is 3.64. The predicted molar refractivity (Wildman–Crippen MR) is 66.2 cm³/mol. The van der Waals surface area contributed by atoms with E-state index < -0.39 is 0 Å². The molecule has 0 unspecified atom stereocenters. The maximum Gasteiger partial charge on any atom is 0.103 e. The average molecular weight is 231 g/mol. The van der Waals surface area contributed by atoms with E-state index in [2.05, 4.69) is 12.1 Å². The van der Waals surface area contributed by atoms with Crippen molar-refractivity contribution in [1.82, 2.24) is 0 Å². The number of nitriles is 2. The van der Waals surface area contributed by atoms with Gasteiger partial charge in [-0.05, 0) is 23.8 Å². The lowest BCUT2D eigenvalue weighted by molar-refractivity contribution is 0.858. The van der Waals surface area contributed by atoms with E-state index in [-0.39, 0.29) is 5.92 Å². The van der Waals surface area contributed by atoms with Gasteiger partial charge in [0.1, 0.15) is 12.1 Å². The number of anilines is 1. The fraction of sp³-hybridized carbons (Fsp3) is 0.333. The van der Waals surface area contributed by atoms with Crippen LogP contribution >= 0.6 is 11.8 Å². The lowest BCUT2D eigenvalue weighted by Gasteiger charge is -2.14. The SMILES string of the molecule is CSc1cc(C(C)C)c(C#N)c(N)c1C#N. The van der Waals surface area contributed by atoms with E-state index in [9.17, 15) is 0 Å². The summed E-state index contributed by atoms with van der Waals surface area (Å²) in [6.07, 6.45) is 1.89. The van der Waals surface area contributed by atoms with Gasteiger partial charge in [-0.1, -0.05) is 13.8 Å². The van der Waals surface area contributed by atoms with Gasteiger partial charge in [0.05, 0.1) is 16.8 Å². The van der Waals surface area contributed by atoms with E-state index in [1.165, 1.54) is 11.8 Å². The minimum absolute atomic E-state index is 0.218. The van der Waals surface area contributed by atoms with E-state index >= 15 is 0 Å². The summed E-state index contributed by atoms with van der Waals surface area (Å²) >= 11 is 1.47. The Morgan fingerprint density at radius 3 is 2.19 bits per heavy atom. The third-order valence-electron chi connectivity index (χ3n) is 2.43. The molecule has 1 aromatic rings. The fourth-order valence-electron chi connectivity index (χ4n) is 1.56. The first-order chi connectivity index (χ1) is 7.56. The van der Waals surface area contributed by atoms with Crippen molar-refractivity contribution in [3.05, 3.63) is 22.8 Å². The number of hydrogen-bond donors (Lipinski definition) is 1. The highest BCUT2D eigenvalue weighted by Crippen LogP contribution is 2.33. The highest BCUT2D eigenvalue weighted by Gasteiger charge is 2.17. The van der Waals surface area contributed by atoms with Gasteiger partial charge in [0, 0.05) is 4.90 Å². The molecule has 3 nitrogen and oxygen atoms in total. The number of thioether (sulfide) groups is 1. The van der Waals surface area contributed by atoms with Gasteiger partial charge in [-0.2, -0.15) is 10.5 Å². The predicted octanol–water partition coefficient (Wildman–Crippen LogP) is 2.86. The summed E-state index contributed by atoms with van der Waals surface area (Å²) in [6, 6.07) is 6.04. The molecule has 0 bridgehead atoms. The Morgan fingerprint density at radius 1 is 1.25 bits per heavy atom. The van der Waals surface area contributed by atoms with Gasteiger partial charge in [-0.3, -0.25) is 0 Å². The summed E-state index contributed by atoms with van der Waals surface area (Å²) in [5, 5.41) is 18.1. The molecule has 0 heterocycles. The molecule has 16 heavy (non-hydrogen) atoms. The second kappa shape index (κ2) is 4.92. The molecule has 4 heteroatoms. The van der Waals surface area contributed by atoms with Gasteiger partial charge in [0.2, 0.25) is 0 Å². The molecule has 0 aliphatic rings. The van der Waals surface area contributed by atoms with E-state index in [0.717, 1.165) is 10.5 Å². The average Bonchev–Trinajstić information content (AvgIpc) is 2.27. The van der Waals surface area contributed by atoms with Crippen molar-refractivity contribution in [3.8, 4) is 12.1 Å². The Morgan fingerprint density at radius 2 is 1.81 bits per heavy atom. The maximum atomic E-state index is 9.09. The minimum atomic E-state index is 0.218. The van der Waals surface area contributed by atoms with Crippen LogP contribution in [-0.4, -0.2) is 6.26 Å². The van der Waals surface area contributed by atoms with Gasteiger partial charge >= 0.3 is 0 Å². The molecule has 82 valence electrons. The molecule has 0 saturated heterocycles. The topological polar surface area (TPSA) is 73.6 Å². The third kappa shape index (κ3) is 1.98. The first kappa shape index (κ1) is 12.4. The molecule has 0 atom stereocenters. The monoisotopic (exact) mass is 231 g/mol. The van der Waals surface area contributed by atoms with Crippen molar-refractivity contribution < 1.29 is 0 Å². The quantitative estimate of drug-likeness (QED) is 0.627. The Labute approximate surface area is 99.9 Å². The molecular formula is C12H13N3S. The summed E-state index contributed by atoms with van der Waals surface area (Å²) < 4.78 is 0. The van der Waals surface area contributed by atoms with Crippen molar-refractivity contribution >= 4 is 17.4 Å². The highest BCUT2D eigenvalue weighted by molar-refractivity contribution is 7.98. The molecule has 1 rings (SSSR count). The molecule has 0 aromatic heterocycles. The number of benzene rings is 1. The largest absolute Gasteiger partial charge is 0.397 e. The van der Waals surface area contributed by atoms with Crippen LogP contribution in [0.1, 0.15) is 36.5 Å². The smallest absolute Gasteiger partial charge is 0.103 e. The number of nitrogens with zero attached hydrogens (tertiary/aromatic N) is 2. The van der Waals surface area contributed by atoms with E-state index in [0.29, 0.717) is 16.8 Å². The van der Waals surface area contributed by atoms with Crippen LogP contribution in [0.15, 0.2) is 11.0 Å². The second-order valence-corrected chi connectivity index (χ2v) is 4.56. The summed E-state index contributed by atoms with van der Waals surface area (Å²) in [6.45, 7) is 4.01. The maximum absolute atomic E-state index is 9.09. The number of rotatable bonds is 2. The zero-order valence-corrected chi connectivity index (χ0v) is 10.4. The Bertz CT molecular complexity index is 492. The molecule has 0 saturated carbocycles. The van der Waals surface area contributed by atoms with Gasteiger partial charge in [0.25, 0.3) is 0 Å². The van der Waals surface area contributed by atoms with Gasteiger partial charge in [0.15, 0.2) is 0 Å². The number of nitrogens with two attached hydrogens (primary N) is 1. The zero-order valence-electron chi connectivity index (χ0n) is 9.53. The van der Waals surface area contributed by atoms with Crippen LogP contribution < -0.4 is 5.73 Å². The first-order valence-electron chi connectivity index (χ1n) is 4.87. The van der Waals surface area contributed by atoms with Crippen molar-refractivity contribution in [2.45, 2.75) is 24.7 Å². The van der Waals surface area contributed by atoms with Crippen LogP contribution in [0, 0.1) is 22.7 Å².